The maximum absolute atomic E-state index is 9.95. The van der Waals surface area contributed by atoms with E-state index in [9.17, 15) is 5.11 Å². The molecule has 0 amide bonds. The molecule has 0 aliphatic heterocycles. The molecule has 0 saturated carbocycles. The molecule has 2 aromatic heterocycles. The van der Waals surface area contributed by atoms with Gasteiger partial charge >= 0.3 is 0 Å². The first-order chi connectivity index (χ1) is 9.92. The zero-order valence-electron chi connectivity index (χ0n) is 12.5. The Kier molecular flexibility index (Phi) is 3.26. The summed E-state index contributed by atoms with van der Waals surface area (Å²) in [5, 5.41) is 9.95. The summed E-state index contributed by atoms with van der Waals surface area (Å²) < 4.78 is 1.98. The summed E-state index contributed by atoms with van der Waals surface area (Å²) in [6, 6.07) is 10.2. The Morgan fingerprint density at radius 2 is 1.86 bits per heavy atom. The van der Waals surface area contributed by atoms with Gasteiger partial charge in [0.15, 0.2) is 0 Å². The van der Waals surface area contributed by atoms with Crippen LogP contribution in [0, 0.1) is 6.92 Å². The number of rotatable bonds is 3. The Labute approximate surface area is 124 Å². The lowest BCUT2D eigenvalue weighted by molar-refractivity contribution is 0.0627. The highest BCUT2D eigenvalue weighted by Gasteiger charge is 2.15. The third-order valence-electron chi connectivity index (χ3n) is 3.42. The minimum Gasteiger partial charge on any atom is -0.389 e. The highest BCUT2D eigenvalue weighted by atomic mass is 16.3. The number of aliphatic hydroxyl groups is 1. The van der Waals surface area contributed by atoms with E-state index in [0.29, 0.717) is 6.54 Å². The summed E-state index contributed by atoms with van der Waals surface area (Å²) in [7, 11) is 0. The number of aryl methyl sites for hydroxylation is 1. The number of imidazole rings is 1. The van der Waals surface area contributed by atoms with Gasteiger partial charge in [0.2, 0.25) is 0 Å². The van der Waals surface area contributed by atoms with Crippen molar-refractivity contribution in [3.05, 3.63) is 48.5 Å². The molecule has 108 valence electrons. The predicted molar refractivity (Wildman–Crippen MR) is 84.0 cm³/mol. The zero-order chi connectivity index (χ0) is 15.0. The summed E-state index contributed by atoms with van der Waals surface area (Å²) in [6.45, 7) is 6.09. The van der Waals surface area contributed by atoms with E-state index in [-0.39, 0.29) is 0 Å². The summed E-state index contributed by atoms with van der Waals surface area (Å²) in [5.41, 5.74) is 4.39. The van der Waals surface area contributed by atoms with Gasteiger partial charge in [-0.3, -0.25) is 4.98 Å². The minimum absolute atomic E-state index is 0.523. The van der Waals surface area contributed by atoms with Gasteiger partial charge in [-0.25, -0.2) is 4.98 Å². The van der Waals surface area contributed by atoms with E-state index in [4.69, 9.17) is 0 Å². The van der Waals surface area contributed by atoms with Crippen molar-refractivity contribution in [2.24, 2.45) is 0 Å². The second-order valence-electron chi connectivity index (χ2n) is 6.08. The molecule has 2 heterocycles. The summed E-state index contributed by atoms with van der Waals surface area (Å²) >= 11 is 0. The maximum Gasteiger partial charge on any atom is 0.0959 e. The largest absolute Gasteiger partial charge is 0.389 e. The Morgan fingerprint density at radius 1 is 1.10 bits per heavy atom. The maximum atomic E-state index is 9.95. The average molecular weight is 281 g/mol. The molecule has 1 N–H and O–H groups in total. The van der Waals surface area contributed by atoms with Gasteiger partial charge in [-0.2, -0.15) is 0 Å². The molecule has 21 heavy (non-hydrogen) atoms. The van der Waals surface area contributed by atoms with Gasteiger partial charge in [0.25, 0.3) is 0 Å². The van der Waals surface area contributed by atoms with Gasteiger partial charge in [-0.15, -0.1) is 0 Å². The number of benzene rings is 1. The van der Waals surface area contributed by atoms with E-state index < -0.39 is 5.60 Å². The van der Waals surface area contributed by atoms with Crippen LogP contribution in [0.15, 0.2) is 42.9 Å². The van der Waals surface area contributed by atoms with E-state index in [0.717, 1.165) is 27.9 Å². The van der Waals surface area contributed by atoms with Crippen LogP contribution in [0.4, 0.5) is 0 Å². The molecular formula is C17H19N3O. The SMILES string of the molecule is Cc1ccc(-c2ccc3c(c2)ncn3CC(C)(C)O)cn1. The molecule has 4 heteroatoms. The summed E-state index contributed by atoms with van der Waals surface area (Å²) in [4.78, 5) is 8.77. The molecule has 1 aromatic carbocycles. The smallest absolute Gasteiger partial charge is 0.0959 e. The normalized spacial score (nSPS) is 12.0. The second-order valence-corrected chi connectivity index (χ2v) is 6.08. The Balaban J connectivity index is 2.00. The zero-order valence-corrected chi connectivity index (χ0v) is 12.5. The first kappa shape index (κ1) is 13.8. The monoisotopic (exact) mass is 281 g/mol. The van der Waals surface area contributed by atoms with Crippen LogP contribution < -0.4 is 0 Å². The van der Waals surface area contributed by atoms with Crippen molar-refractivity contribution in [3.63, 3.8) is 0 Å². The number of hydrogen-bond acceptors (Lipinski definition) is 3. The highest BCUT2D eigenvalue weighted by Crippen LogP contribution is 2.24. The van der Waals surface area contributed by atoms with Gasteiger partial charge in [-0.05, 0) is 44.5 Å². The molecule has 0 unspecified atom stereocenters. The van der Waals surface area contributed by atoms with Crippen molar-refractivity contribution >= 4 is 11.0 Å². The lowest BCUT2D eigenvalue weighted by atomic mass is 10.1. The first-order valence-electron chi connectivity index (χ1n) is 7.03. The lowest BCUT2D eigenvalue weighted by Crippen LogP contribution is -2.25. The second kappa shape index (κ2) is 4.97. The van der Waals surface area contributed by atoms with Gasteiger partial charge in [0.1, 0.15) is 0 Å². The third-order valence-corrected chi connectivity index (χ3v) is 3.42. The van der Waals surface area contributed by atoms with Gasteiger partial charge in [-0.1, -0.05) is 12.1 Å². The first-order valence-corrected chi connectivity index (χ1v) is 7.03. The predicted octanol–water partition coefficient (Wildman–Crippen LogP) is 3.18. The van der Waals surface area contributed by atoms with Gasteiger partial charge in [0.05, 0.1) is 29.5 Å². The molecule has 0 radical (unpaired) electrons. The molecule has 0 aliphatic rings. The van der Waals surface area contributed by atoms with Crippen molar-refractivity contribution in [2.45, 2.75) is 32.9 Å². The van der Waals surface area contributed by atoms with Crippen LogP contribution in [0.25, 0.3) is 22.2 Å². The van der Waals surface area contributed by atoms with E-state index in [2.05, 4.69) is 28.2 Å². The molecular weight excluding hydrogens is 262 g/mol. The number of hydrogen-bond donors (Lipinski definition) is 1. The van der Waals surface area contributed by atoms with Crippen molar-refractivity contribution < 1.29 is 5.11 Å². The Bertz CT molecular complexity index is 767. The fourth-order valence-corrected chi connectivity index (χ4v) is 2.42. The quantitative estimate of drug-likeness (QED) is 0.802. The van der Waals surface area contributed by atoms with Crippen LogP contribution in [0.5, 0.6) is 0 Å². The molecule has 0 saturated heterocycles. The lowest BCUT2D eigenvalue weighted by Gasteiger charge is -2.18. The van der Waals surface area contributed by atoms with Gasteiger partial charge < -0.3 is 9.67 Å². The average Bonchev–Trinajstić information content (AvgIpc) is 2.80. The Morgan fingerprint density at radius 3 is 2.52 bits per heavy atom. The number of aromatic nitrogens is 3. The fourth-order valence-electron chi connectivity index (χ4n) is 2.42. The van der Waals surface area contributed by atoms with Crippen LogP contribution in [0.3, 0.4) is 0 Å². The van der Waals surface area contributed by atoms with E-state index in [1.807, 2.05) is 29.8 Å². The van der Waals surface area contributed by atoms with Crippen molar-refractivity contribution in [1.29, 1.82) is 0 Å². The Hall–Kier alpha value is -2.20. The number of fused-ring (bicyclic) bond motifs is 1. The van der Waals surface area contributed by atoms with Crippen LogP contribution >= 0.6 is 0 Å². The molecule has 0 atom stereocenters. The molecule has 0 bridgehead atoms. The fraction of sp³-hybridized carbons (Fsp3) is 0.294. The van der Waals surface area contributed by atoms with Crippen LogP contribution in [0.1, 0.15) is 19.5 Å². The summed E-state index contributed by atoms with van der Waals surface area (Å²) in [6.07, 6.45) is 3.66. The van der Waals surface area contributed by atoms with Crippen molar-refractivity contribution in [3.8, 4) is 11.1 Å². The molecule has 4 nitrogen and oxygen atoms in total. The molecule has 0 spiro atoms. The molecule has 3 rings (SSSR count). The van der Waals surface area contributed by atoms with Gasteiger partial charge in [0, 0.05) is 17.5 Å². The van der Waals surface area contributed by atoms with Crippen LogP contribution in [-0.2, 0) is 6.54 Å². The molecule has 0 fully saturated rings. The standard InChI is InChI=1S/C17H19N3O/c1-12-4-5-14(9-18-12)13-6-7-16-15(8-13)19-11-20(16)10-17(2,3)21/h4-9,11,21H,10H2,1-3H3. The topological polar surface area (TPSA) is 50.9 Å². The number of nitrogens with zero attached hydrogens (tertiary/aromatic N) is 3. The van der Waals surface area contributed by atoms with E-state index >= 15 is 0 Å². The highest BCUT2D eigenvalue weighted by molar-refractivity contribution is 5.82. The molecule has 3 aromatic rings. The van der Waals surface area contributed by atoms with E-state index in [1.165, 1.54) is 0 Å². The van der Waals surface area contributed by atoms with Crippen molar-refractivity contribution in [2.75, 3.05) is 0 Å². The van der Waals surface area contributed by atoms with Crippen LogP contribution in [-0.4, -0.2) is 25.2 Å². The number of pyridine rings is 1. The molecule has 0 aliphatic carbocycles. The minimum atomic E-state index is -0.757. The van der Waals surface area contributed by atoms with Crippen molar-refractivity contribution in [1.82, 2.24) is 14.5 Å². The summed E-state index contributed by atoms with van der Waals surface area (Å²) in [5.74, 6) is 0. The third kappa shape index (κ3) is 2.95. The van der Waals surface area contributed by atoms with Crippen LogP contribution in [0.2, 0.25) is 0 Å². The van der Waals surface area contributed by atoms with E-state index in [1.54, 1.807) is 20.2 Å².